The number of benzene rings is 4. The first-order chi connectivity index (χ1) is 19.1. The fourth-order valence-corrected chi connectivity index (χ4v) is 5.53. The number of ketones is 1. The van der Waals surface area contributed by atoms with E-state index in [1.54, 1.807) is 7.11 Å². The second-order valence-corrected chi connectivity index (χ2v) is 10.3. The van der Waals surface area contributed by atoms with Crippen molar-refractivity contribution in [2.75, 3.05) is 17.7 Å². The number of nitrogens with one attached hydrogen (secondary N) is 2. The molecule has 1 aliphatic heterocycles. The average molecular weight is 517 g/mol. The lowest BCUT2D eigenvalue weighted by Crippen LogP contribution is -2.26. The van der Waals surface area contributed by atoms with Crippen molar-refractivity contribution in [1.29, 1.82) is 0 Å². The molecule has 6 rings (SSSR count). The van der Waals surface area contributed by atoms with Crippen LogP contribution in [0.2, 0.25) is 0 Å². The molecule has 5 nitrogen and oxygen atoms in total. The van der Waals surface area contributed by atoms with E-state index in [-0.39, 0.29) is 17.7 Å². The minimum absolute atomic E-state index is 0.138. The summed E-state index contributed by atoms with van der Waals surface area (Å²) < 4.78 is 11.8. The van der Waals surface area contributed by atoms with Gasteiger partial charge in [-0.2, -0.15) is 0 Å². The van der Waals surface area contributed by atoms with Crippen LogP contribution >= 0.6 is 0 Å². The number of carbonyl (C=O) groups is 1. The Kier molecular flexibility index (Phi) is 6.80. The molecule has 5 heteroatoms. The molecule has 0 saturated carbocycles. The molecule has 0 bridgehead atoms. The Balaban J connectivity index is 1.36. The summed E-state index contributed by atoms with van der Waals surface area (Å²) in [5.74, 6) is 1.60. The van der Waals surface area contributed by atoms with Gasteiger partial charge < -0.3 is 20.1 Å². The number of carbonyl (C=O) groups excluding carboxylic acids is 1. The molecule has 39 heavy (non-hydrogen) atoms. The summed E-state index contributed by atoms with van der Waals surface area (Å²) in [6, 6.07) is 32.3. The van der Waals surface area contributed by atoms with E-state index in [1.807, 2.05) is 66.7 Å². The molecular weight excluding hydrogens is 484 g/mol. The second-order valence-electron chi connectivity index (χ2n) is 10.3. The molecule has 4 aromatic rings. The number of allylic oxidation sites excluding steroid dienone is 1. The lowest BCUT2D eigenvalue weighted by atomic mass is 9.78. The fraction of sp³-hybridized carbons (Fsp3) is 0.206. The van der Waals surface area contributed by atoms with Gasteiger partial charge in [-0.05, 0) is 60.2 Å². The lowest BCUT2D eigenvalue weighted by molar-refractivity contribution is -0.116. The highest BCUT2D eigenvalue weighted by molar-refractivity contribution is 6.01. The average Bonchev–Trinajstić information content (AvgIpc) is 3.14. The normalized spacial score (nSPS) is 18.3. The molecular formula is C34H32N2O3. The molecule has 1 aliphatic carbocycles. The van der Waals surface area contributed by atoms with Gasteiger partial charge in [-0.15, -0.1) is 0 Å². The molecule has 0 aromatic heterocycles. The van der Waals surface area contributed by atoms with E-state index in [0.717, 1.165) is 40.2 Å². The Bertz CT molecular complexity index is 1530. The van der Waals surface area contributed by atoms with Gasteiger partial charge in [0.15, 0.2) is 17.3 Å². The summed E-state index contributed by atoms with van der Waals surface area (Å²) >= 11 is 0. The molecule has 0 spiro atoms. The molecule has 2 atom stereocenters. The number of ether oxygens (including phenoxy) is 2. The van der Waals surface area contributed by atoms with Crippen LogP contribution in [0.3, 0.4) is 0 Å². The number of hydrogen-bond donors (Lipinski definition) is 2. The molecule has 0 radical (unpaired) electrons. The summed E-state index contributed by atoms with van der Waals surface area (Å²) in [5.41, 5.74) is 8.15. The minimum atomic E-state index is -0.320. The van der Waals surface area contributed by atoms with E-state index < -0.39 is 0 Å². The zero-order chi connectivity index (χ0) is 26.8. The van der Waals surface area contributed by atoms with E-state index in [1.165, 1.54) is 11.1 Å². The first-order valence-corrected chi connectivity index (χ1v) is 13.4. The SMILES string of the molecule is COc1cc([C@@H]2Nc3ccccc3NC3=C2C(=O)C[C@H](c2ccc(C)cc2)C3)ccc1OCc1ccccc1. The van der Waals surface area contributed by atoms with Crippen LogP contribution in [0.1, 0.15) is 47.1 Å². The van der Waals surface area contributed by atoms with Gasteiger partial charge in [-0.25, -0.2) is 0 Å². The van der Waals surface area contributed by atoms with Crippen LogP contribution in [0.15, 0.2) is 108 Å². The van der Waals surface area contributed by atoms with E-state index >= 15 is 0 Å². The van der Waals surface area contributed by atoms with Crippen LogP contribution in [-0.2, 0) is 11.4 Å². The van der Waals surface area contributed by atoms with Gasteiger partial charge in [0.25, 0.3) is 0 Å². The third-order valence-electron chi connectivity index (χ3n) is 7.62. The number of fused-ring (bicyclic) bond motifs is 1. The smallest absolute Gasteiger partial charge is 0.163 e. The summed E-state index contributed by atoms with van der Waals surface area (Å²) in [5, 5.41) is 7.28. The second kappa shape index (κ2) is 10.7. The highest BCUT2D eigenvalue weighted by Gasteiger charge is 2.36. The van der Waals surface area contributed by atoms with Crippen LogP contribution in [0.4, 0.5) is 11.4 Å². The van der Waals surface area contributed by atoms with Crippen molar-refractivity contribution >= 4 is 17.2 Å². The van der Waals surface area contributed by atoms with Crippen molar-refractivity contribution < 1.29 is 14.3 Å². The number of aryl methyl sites for hydroxylation is 1. The van der Waals surface area contributed by atoms with Crippen molar-refractivity contribution in [1.82, 2.24) is 0 Å². The molecule has 4 aromatic carbocycles. The molecule has 0 amide bonds. The highest BCUT2D eigenvalue weighted by atomic mass is 16.5. The Labute approximate surface area is 229 Å². The molecule has 2 aliphatic rings. The van der Waals surface area contributed by atoms with Gasteiger partial charge in [0.1, 0.15) is 6.61 Å². The van der Waals surface area contributed by atoms with Gasteiger partial charge in [0, 0.05) is 17.7 Å². The predicted octanol–water partition coefficient (Wildman–Crippen LogP) is 7.56. The summed E-state index contributed by atoms with van der Waals surface area (Å²) in [6.07, 6.45) is 1.25. The van der Waals surface area contributed by atoms with Crippen LogP contribution in [0.5, 0.6) is 11.5 Å². The molecule has 0 unspecified atom stereocenters. The van der Waals surface area contributed by atoms with Gasteiger partial charge >= 0.3 is 0 Å². The molecule has 0 fully saturated rings. The Morgan fingerprint density at radius 3 is 2.28 bits per heavy atom. The zero-order valence-corrected chi connectivity index (χ0v) is 22.2. The monoisotopic (exact) mass is 516 g/mol. The van der Waals surface area contributed by atoms with Crippen LogP contribution in [0, 0.1) is 6.92 Å². The van der Waals surface area contributed by atoms with Gasteiger partial charge in [0.05, 0.1) is 24.5 Å². The third kappa shape index (κ3) is 5.13. The van der Waals surface area contributed by atoms with Crippen molar-refractivity contribution in [2.45, 2.75) is 38.3 Å². The van der Waals surface area contributed by atoms with E-state index in [0.29, 0.717) is 24.5 Å². The lowest BCUT2D eigenvalue weighted by Gasteiger charge is -2.30. The van der Waals surface area contributed by atoms with Crippen molar-refractivity contribution in [2.24, 2.45) is 0 Å². The summed E-state index contributed by atoms with van der Waals surface area (Å²) in [6.45, 7) is 2.53. The highest BCUT2D eigenvalue weighted by Crippen LogP contribution is 2.45. The molecule has 2 N–H and O–H groups in total. The number of Topliss-reactive ketones (excluding diaryl/α,β-unsaturated/α-hetero) is 1. The van der Waals surface area contributed by atoms with E-state index in [4.69, 9.17) is 9.47 Å². The summed E-state index contributed by atoms with van der Waals surface area (Å²) in [7, 11) is 1.65. The van der Waals surface area contributed by atoms with Crippen LogP contribution in [-0.4, -0.2) is 12.9 Å². The Morgan fingerprint density at radius 1 is 0.795 bits per heavy atom. The minimum Gasteiger partial charge on any atom is -0.493 e. The number of anilines is 2. The number of rotatable bonds is 6. The van der Waals surface area contributed by atoms with E-state index in [9.17, 15) is 4.79 Å². The Morgan fingerprint density at radius 2 is 1.51 bits per heavy atom. The standard InChI is InChI=1S/C34H32N2O3/c1-22-12-14-24(15-13-22)26-18-29-33(30(37)19-26)34(36-28-11-7-6-10-27(28)35-29)25-16-17-31(32(20-25)38-2)39-21-23-8-4-3-5-9-23/h3-17,20,26,34-36H,18-19,21H2,1-2H3/t26-,34+/m1/s1. The number of methoxy groups -OCH3 is 1. The Hall–Kier alpha value is -4.51. The first-order valence-electron chi connectivity index (χ1n) is 13.4. The largest absolute Gasteiger partial charge is 0.493 e. The molecule has 196 valence electrons. The third-order valence-corrected chi connectivity index (χ3v) is 7.62. The number of para-hydroxylation sites is 2. The first kappa shape index (κ1) is 24.8. The van der Waals surface area contributed by atoms with Crippen molar-refractivity contribution in [3.05, 3.63) is 131 Å². The van der Waals surface area contributed by atoms with Gasteiger partial charge in [-0.1, -0.05) is 78.4 Å². The van der Waals surface area contributed by atoms with Gasteiger partial charge in [-0.3, -0.25) is 4.79 Å². The molecule has 0 saturated heterocycles. The van der Waals surface area contributed by atoms with Crippen LogP contribution in [0.25, 0.3) is 0 Å². The van der Waals surface area contributed by atoms with Crippen molar-refractivity contribution in [3.8, 4) is 11.5 Å². The maximum absolute atomic E-state index is 13.9. The van der Waals surface area contributed by atoms with Crippen molar-refractivity contribution in [3.63, 3.8) is 0 Å². The maximum Gasteiger partial charge on any atom is 0.163 e. The quantitative estimate of drug-likeness (QED) is 0.277. The number of hydrogen-bond acceptors (Lipinski definition) is 5. The molecule has 1 heterocycles. The zero-order valence-electron chi connectivity index (χ0n) is 22.2. The van der Waals surface area contributed by atoms with E-state index in [2.05, 4.69) is 47.9 Å². The maximum atomic E-state index is 13.9. The summed E-state index contributed by atoms with van der Waals surface area (Å²) in [4.78, 5) is 13.9. The predicted molar refractivity (Wildman–Crippen MR) is 155 cm³/mol. The van der Waals surface area contributed by atoms with Gasteiger partial charge in [0.2, 0.25) is 0 Å². The van der Waals surface area contributed by atoms with Crippen LogP contribution < -0.4 is 20.1 Å². The topological polar surface area (TPSA) is 59.6 Å². The fourth-order valence-electron chi connectivity index (χ4n) is 5.53.